The number of benzene rings is 1. The number of carbonyl (C=O) groups excluding carboxylic acids is 1. The predicted molar refractivity (Wildman–Crippen MR) is 93.7 cm³/mol. The van der Waals surface area contributed by atoms with Crippen LogP contribution in [0.3, 0.4) is 0 Å². The Hall–Kier alpha value is -2.14. The van der Waals surface area contributed by atoms with Gasteiger partial charge >= 0.3 is 0 Å². The number of anilines is 1. The maximum atomic E-state index is 11.9. The molecule has 0 aliphatic carbocycles. The van der Waals surface area contributed by atoms with Crippen molar-refractivity contribution in [2.45, 2.75) is 39.2 Å². The number of hydrogen-bond donors (Lipinski definition) is 2. The van der Waals surface area contributed by atoms with Gasteiger partial charge in [0, 0.05) is 37.0 Å². The van der Waals surface area contributed by atoms with Gasteiger partial charge in [0.25, 0.3) is 0 Å². The van der Waals surface area contributed by atoms with Gasteiger partial charge in [-0.1, -0.05) is 26.0 Å². The van der Waals surface area contributed by atoms with E-state index in [0.29, 0.717) is 12.3 Å². The third-order valence-electron chi connectivity index (χ3n) is 3.66. The maximum absolute atomic E-state index is 11.9. The standard InChI is InChI=1S/C18H26N4O/c1-14(2)18-20-10-11-22(18)13-15-6-4-7-16(12-15)21-17(23)8-5-9-19-3/h4,6-7,10-12,14,19H,5,8-9,13H2,1-3H3,(H,21,23). The van der Waals surface area contributed by atoms with Crippen LogP contribution in [0.1, 0.15) is 44.0 Å². The van der Waals surface area contributed by atoms with Gasteiger partial charge in [-0.05, 0) is 37.7 Å². The Morgan fingerprint density at radius 2 is 2.17 bits per heavy atom. The number of carbonyl (C=O) groups is 1. The lowest BCUT2D eigenvalue weighted by Gasteiger charge is -2.12. The summed E-state index contributed by atoms with van der Waals surface area (Å²) in [6.45, 7) is 5.89. The molecule has 2 rings (SSSR count). The van der Waals surface area contributed by atoms with E-state index in [1.54, 1.807) is 0 Å². The monoisotopic (exact) mass is 314 g/mol. The number of amides is 1. The first kappa shape index (κ1) is 17.2. The molecule has 1 amide bonds. The lowest BCUT2D eigenvalue weighted by Crippen LogP contribution is -2.15. The Balaban J connectivity index is 1.99. The van der Waals surface area contributed by atoms with Gasteiger partial charge in [-0.3, -0.25) is 4.79 Å². The Kier molecular flexibility index (Phi) is 6.35. The molecule has 2 N–H and O–H groups in total. The van der Waals surface area contributed by atoms with Gasteiger partial charge < -0.3 is 15.2 Å². The van der Waals surface area contributed by atoms with Crippen LogP contribution in [-0.2, 0) is 11.3 Å². The normalized spacial score (nSPS) is 11.0. The first-order chi connectivity index (χ1) is 11.1. The Morgan fingerprint density at radius 1 is 1.35 bits per heavy atom. The van der Waals surface area contributed by atoms with Crippen LogP contribution < -0.4 is 10.6 Å². The molecule has 23 heavy (non-hydrogen) atoms. The van der Waals surface area contributed by atoms with Crippen molar-refractivity contribution in [2.24, 2.45) is 0 Å². The van der Waals surface area contributed by atoms with Gasteiger partial charge in [-0.25, -0.2) is 4.98 Å². The molecule has 1 heterocycles. The first-order valence-corrected chi connectivity index (χ1v) is 8.14. The van der Waals surface area contributed by atoms with Crippen molar-refractivity contribution >= 4 is 11.6 Å². The lowest BCUT2D eigenvalue weighted by molar-refractivity contribution is -0.116. The predicted octanol–water partition coefficient (Wildman–Crippen LogP) is 2.99. The van der Waals surface area contributed by atoms with E-state index in [0.717, 1.165) is 36.6 Å². The third kappa shape index (κ3) is 5.21. The van der Waals surface area contributed by atoms with E-state index in [2.05, 4.69) is 40.1 Å². The minimum absolute atomic E-state index is 0.0582. The number of imidazole rings is 1. The molecular formula is C18H26N4O. The summed E-state index contributed by atoms with van der Waals surface area (Å²) in [6, 6.07) is 8.00. The Morgan fingerprint density at radius 3 is 2.91 bits per heavy atom. The summed E-state index contributed by atoms with van der Waals surface area (Å²) in [5.74, 6) is 1.52. The van der Waals surface area contributed by atoms with Crippen LogP contribution in [0.2, 0.25) is 0 Å². The highest BCUT2D eigenvalue weighted by Gasteiger charge is 2.08. The molecule has 124 valence electrons. The van der Waals surface area contributed by atoms with Crippen LogP contribution in [0.4, 0.5) is 5.69 Å². The summed E-state index contributed by atoms with van der Waals surface area (Å²) in [5, 5.41) is 6.01. The number of rotatable bonds is 8. The molecule has 0 saturated carbocycles. The lowest BCUT2D eigenvalue weighted by atomic mass is 10.1. The molecule has 0 aliphatic heterocycles. The fourth-order valence-corrected chi connectivity index (χ4v) is 2.55. The quantitative estimate of drug-likeness (QED) is 0.736. The highest BCUT2D eigenvalue weighted by Crippen LogP contribution is 2.16. The van der Waals surface area contributed by atoms with Crippen molar-refractivity contribution in [2.75, 3.05) is 18.9 Å². The number of nitrogens with zero attached hydrogens (tertiary/aromatic N) is 2. The highest BCUT2D eigenvalue weighted by molar-refractivity contribution is 5.90. The van der Waals surface area contributed by atoms with Gasteiger partial charge in [0.15, 0.2) is 0 Å². The van der Waals surface area contributed by atoms with Gasteiger partial charge in [0.2, 0.25) is 5.91 Å². The molecule has 0 aliphatic rings. The van der Waals surface area contributed by atoms with E-state index >= 15 is 0 Å². The molecule has 0 atom stereocenters. The fourth-order valence-electron chi connectivity index (χ4n) is 2.55. The van der Waals surface area contributed by atoms with E-state index in [1.165, 1.54) is 0 Å². The zero-order valence-corrected chi connectivity index (χ0v) is 14.2. The van der Waals surface area contributed by atoms with E-state index in [4.69, 9.17) is 0 Å². The smallest absolute Gasteiger partial charge is 0.224 e. The zero-order valence-electron chi connectivity index (χ0n) is 14.2. The van der Waals surface area contributed by atoms with Gasteiger partial charge in [-0.2, -0.15) is 0 Å². The summed E-state index contributed by atoms with van der Waals surface area (Å²) < 4.78 is 2.15. The minimum atomic E-state index is 0.0582. The summed E-state index contributed by atoms with van der Waals surface area (Å²) in [5.41, 5.74) is 2.00. The Bertz CT molecular complexity index is 633. The molecule has 5 nitrogen and oxygen atoms in total. The molecule has 0 unspecified atom stereocenters. The third-order valence-corrected chi connectivity index (χ3v) is 3.66. The summed E-state index contributed by atoms with van der Waals surface area (Å²) in [6.07, 6.45) is 5.21. The van der Waals surface area contributed by atoms with Gasteiger partial charge in [0.1, 0.15) is 5.82 Å². The SMILES string of the molecule is CNCCCC(=O)Nc1cccc(Cn2ccnc2C(C)C)c1. The van der Waals surface area contributed by atoms with Crippen molar-refractivity contribution in [3.05, 3.63) is 48.0 Å². The fraction of sp³-hybridized carbons (Fsp3) is 0.444. The minimum Gasteiger partial charge on any atom is -0.330 e. The van der Waals surface area contributed by atoms with Crippen LogP contribution in [0.5, 0.6) is 0 Å². The van der Waals surface area contributed by atoms with Crippen LogP contribution in [0.15, 0.2) is 36.7 Å². The topological polar surface area (TPSA) is 59.0 Å². The first-order valence-electron chi connectivity index (χ1n) is 8.14. The summed E-state index contributed by atoms with van der Waals surface area (Å²) in [7, 11) is 1.89. The van der Waals surface area contributed by atoms with Crippen molar-refractivity contribution in [1.82, 2.24) is 14.9 Å². The van der Waals surface area contributed by atoms with E-state index in [1.807, 2.05) is 37.6 Å². The summed E-state index contributed by atoms with van der Waals surface area (Å²) in [4.78, 5) is 16.3. The van der Waals surface area contributed by atoms with Gasteiger partial charge in [0.05, 0.1) is 0 Å². The number of nitrogens with one attached hydrogen (secondary N) is 2. The number of aromatic nitrogens is 2. The van der Waals surface area contributed by atoms with Crippen molar-refractivity contribution in [1.29, 1.82) is 0 Å². The van der Waals surface area contributed by atoms with Crippen molar-refractivity contribution < 1.29 is 4.79 Å². The molecule has 5 heteroatoms. The average Bonchev–Trinajstić information content (AvgIpc) is 2.96. The van der Waals surface area contributed by atoms with Crippen LogP contribution in [-0.4, -0.2) is 29.1 Å². The second-order valence-electron chi connectivity index (χ2n) is 6.02. The van der Waals surface area contributed by atoms with Crippen LogP contribution in [0, 0.1) is 0 Å². The second-order valence-corrected chi connectivity index (χ2v) is 6.02. The molecule has 2 aromatic rings. The maximum Gasteiger partial charge on any atom is 0.224 e. The molecule has 0 fully saturated rings. The van der Waals surface area contributed by atoms with Gasteiger partial charge in [-0.15, -0.1) is 0 Å². The molecule has 1 aromatic heterocycles. The molecule has 1 aromatic carbocycles. The highest BCUT2D eigenvalue weighted by atomic mass is 16.1. The molecular weight excluding hydrogens is 288 g/mol. The van der Waals surface area contributed by atoms with Crippen LogP contribution in [0.25, 0.3) is 0 Å². The van der Waals surface area contributed by atoms with E-state index < -0.39 is 0 Å². The molecule has 0 saturated heterocycles. The summed E-state index contributed by atoms with van der Waals surface area (Å²) >= 11 is 0. The van der Waals surface area contributed by atoms with Crippen molar-refractivity contribution in [3.63, 3.8) is 0 Å². The van der Waals surface area contributed by atoms with E-state index in [-0.39, 0.29) is 5.91 Å². The largest absolute Gasteiger partial charge is 0.330 e. The zero-order chi connectivity index (χ0) is 16.7. The average molecular weight is 314 g/mol. The molecule has 0 radical (unpaired) electrons. The molecule has 0 spiro atoms. The second kappa shape index (κ2) is 8.48. The van der Waals surface area contributed by atoms with Crippen molar-refractivity contribution in [3.8, 4) is 0 Å². The van der Waals surface area contributed by atoms with E-state index in [9.17, 15) is 4.79 Å². The molecule has 0 bridgehead atoms. The van der Waals surface area contributed by atoms with Crippen LogP contribution >= 0.6 is 0 Å². The Labute approximate surface area is 138 Å². The number of hydrogen-bond acceptors (Lipinski definition) is 3.